The van der Waals surface area contributed by atoms with E-state index in [-0.39, 0.29) is 10.8 Å². The lowest BCUT2D eigenvalue weighted by Gasteiger charge is -2.13. The number of H-pyrrole nitrogens is 1. The molecule has 0 spiro atoms. The second-order valence-corrected chi connectivity index (χ2v) is 8.36. The van der Waals surface area contributed by atoms with Crippen molar-refractivity contribution >= 4 is 33.5 Å². The number of aryl methyl sites for hydroxylation is 1. The number of aromatic amines is 1. The van der Waals surface area contributed by atoms with Crippen LogP contribution >= 0.6 is 27.5 Å². The molecule has 0 amide bonds. The Kier molecular flexibility index (Phi) is 6.71. The van der Waals surface area contributed by atoms with E-state index < -0.39 is 5.97 Å². The first-order valence-corrected chi connectivity index (χ1v) is 11.2. The SMILES string of the molecule is CCCCc1nc(Cl)c(C(=O)OC)n1Cc1ccc(-n2ccc(Br)c2-c2nnn[nH]2)cc1. The second kappa shape index (κ2) is 9.66. The van der Waals surface area contributed by atoms with Crippen molar-refractivity contribution in [2.45, 2.75) is 32.7 Å². The van der Waals surface area contributed by atoms with Gasteiger partial charge in [0.2, 0.25) is 0 Å². The summed E-state index contributed by atoms with van der Waals surface area (Å²) in [6, 6.07) is 9.94. The smallest absolute Gasteiger partial charge is 0.357 e. The van der Waals surface area contributed by atoms with Crippen LogP contribution in [0.3, 0.4) is 0 Å². The van der Waals surface area contributed by atoms with Crippen molar-refractivity contribution < 1.29 is 9.53 Å². The molecule has 9 nitrogen and oxygen atoms in total. The van der Waals surface area contributed by atoms with E-state index in [4.69, 9.17) is 16.3 Å². The Hall–Kier alpha value is -2.98. The lowest BCUT2D eigenvalue weighted by Crippen LogP contribution is -2.14. The number of benzene rings is 1. The molecule has 0 atom stereocenters. The van der Waals surface area contributed by atoms with E-state index in [2.05, 4.69) is 48.5 Å². The van der Waals surface area contributed by atoms with E-state index in [0.717, 1.165) is 46.5 Å². The molecule has 0 unspecified atom stereocenters. The van der Waals surface area contributed by atoms with Crippen LogP contribution in [0.25, 0.3) is 17.2 Å². The lowest BCUT2D eigenvalue weighted by molar-refractivity contribution is 0.0589. The van der Waals surface area contributed by atoms with Crippen LogP contribution in [0.1, 0.15) is 41.6 Å². The zero-order valence-corrected chi connectivity index (χ0v) is 19.9. The highest BCUT2D eigenvalue weighted by Crippen LogP contribution is 2.29. The summed E-state index contributed by atoms with van der Waals surface area (Å²) < 4.78 is 9.63. The average molecular weight is 519 g/mol. The molecule has 0 bridgehead atoms. The first-order chi connectivity index (χ1) is 15.5. The summed E-state index contributed by atoms with van der Waals surface area (Å²) in [4.78, 5) is 16.7. The molecule has 0 saturated heterocycles. The summed E-state index contributed by atoms with van der Waals surface area (Å²) in [7, 11) is 1.34. The number of imidazole rings is 1. The molecular formula is C21H21BrClN7O2. The van der Waals surface area contributed by atoms with Gasteiger partial charge in [0.1, 0.15) is 11.5 Å². The summed E-state index contributed by atoms with van der Waals surface area (Å²) >= 11 is 9.83. The monoisotopic (exact) mass is 517 g/mol. The van der Waals surface area contributed by atoms with Crippen LogP contribution in [0.4, 0.5) is 0 Å². The number of esters is 1. The van der Waals surface area contributed by atoms with Crippen LogP contribution in [0, 0.1) is 0 Å². The minimum Gasteiger partial charge on any atom is -0.464 e. The first kappa shape index (κ1) is 22.2. The number of carbonyl (C=O) groups excluding carboxylic acids is 1. The molecule has 0 aliphatic carbocycles. The van der Waals surface area contributed by atoms with Crippen molar-refractivity contribution in [2.24, 2.45) is 0 Å². The third kappa shape index (κ3) is 4.33. The number of nitrogens with one attached hydrogen (secondary N) is 1. The quantitative estimate of drug-likeness (QED) is 0.346. The number of carbonyl (C=O) groups is 1. The fourth-order valence-electron chi connectivity index (χ4n) is 3.51. The zero-order valence-electron chi connectivity index (χ0n) is 17.5. The number of hydrogen-bond donors (Lipinski definition) is 1. The number of ether oxygens (including phenoxy) is 1. The standard InChI is InChI=1S/C21H21BrClN7O2/c1-3-4-5-16-24-19(23)18(21(31)32-2)30(16)12-13-6-8-14(9-7-13)29-11-10-15(22)17(29)20-25-27-28-26-20/h6-11H,3-5,12H2,1-2H3,(H,25,26,27,28). The normalized spacial score (nSPS) is 11.1. The fourth-order valence-corrected chi connectivity index (χ4v) is 4.28. The van der Waals surface area contributed by atoms with Crippen molar-refractivity contribution in [3.8, 4) is 17.2 Å². The van der Waals surface area contributed by atoms with Gasteiger partial charge in [-0.1, -0.05) is 37.1 Å². The van der Waals surface area contributed by atoms with E-state index in [1.165, 1.54) is 7.11 Å². The number of aromatic nitrogens is 7. The maximum atomic E-state index is 12.3. The van der Waals surface area contributed by atoms with E-state index in [0.29, 0.717) is 12.4 Å². The molecule has 166 valence electrons. The van der Waals surface area contributed by atoms with Crippen molar-refractivity contribution in [3.05, 3.63) is 63.2 Å². The van der Waals surface area contributed by atoms with Gasteiger partial charge in [-0.3, -0.25) is 0 Å². The molecule has 3 heterocycles. The molecule has 0 aliphatic rings. The molecule has 0 aliphatic heterocycles. The molecule has 11 heteroatoms. The molecule has 1 aromatic carbocycles. The Morgan fingerprint density at radius 1 is 1.25 bits per heavy atom. The lowest BCUT2D eigenvalue weighted by atomic mass is 10.2. The Bertz CT molecular complexity index is 1220. The number of hydrogen-bond acceptors (Lipinski definition) is 6. The minimum absolute atomic E-state index is 0.169. The van der Waals surface area contributed by atoms with Crippen LogP contribution < -0.4 is 0 Å². The van der Waals surface area contributed by atoms with Gasteiger partial charge in [-0.2, -0.15) is 0 Å². The summed E-state index contributed by atoms with van der Waals surface area (Å²) in [5.41, 5.74) is 3.03. The molecule has 0 saturated carbocycles. The zero-order chi connectivity index (χ0) is 22.7. The largest absolute Gasteiger partial charge is 0.464 e. The molecule has 0 fully saturated rings. The number of halogens is 2. The Labute approximate surface area is 197 Å². The number of methoxy groups -OCH3 is 1. The predicted molar refractivity (Wildman–Crippen MR) is 123 cm³/mol. The number of tetrazole rings is 1. The van der Waals surface area contributed by atoms with Gasteiger partial charge in [0.25, 0.3) is 0 Å². The van der Waals surface area contributed by atoms with Gasteiger partial charge in [-0.05, 0) is 56.5 Å². The van der Waals surface area contributed by atoms with Crippen LogP contribution in [0.5, 0.6) is 0 Å². The van der Waals surface area contributed by atoms with Crippen molar-refractivity contribution in [3.63, 3.8) is 0 Å². The van der Waals surface area contributed by atoms with E-state index >= 15 is 0 Å². The van der Waals surface area contributed by atoms with Gasteiger partial charge in [0.05, 0.1) is 7.11 Å². The number of rotatable bonds is 8. The highest BCUT2D eigenvalue weighted by molar-refractivity contribution is 9.10. The van der Waals surface area contributed by atoms with Gasteiger partial charge >= 0.3 is 5.97 Å². The topological polar surface area (TPSA) is 104 Å². The summed E-state index contributed by atoms with van der Waals surface area (Å²) in [5, 5.41) is 14.3. The molecule has 1 N–H and O–H groups in total. The first-order valence-electron chi connectivity index (χ1n) is 10.1. The van der Waals surface area contributed by atoms with E-state index in [1.54, 1.807) is 0 Å². The predicted octanol–water partition coefficient (Wildman–Crippen LogP) is 4.45. The van der Waals surface area contributed by atoms with Crippen molar-refractivity contribution in [1.82, 2.24) is 34.7 Å². The second-order valence-electron chi connectivity index (χ2n) is 7.15. The molecule has 4 rings (SSSR count). The highest BCUT2D eigenvalue weighted by Gasteiger charge is 2.23. The fraction of sp³-hybridized carbons (Fsp3) is 0.286. The molecule has 3 aromatic heterocycles. The Morgan fingerprint density at radius 2 is 2.03 bits per heavy atom. The van der Waals surface area contributed by atoms with Gasteiger partial charge < -0.3 is 13.9 Å². The summed E-state index contributed by atoms with van der Waals surface area (Å²) in [5.74, 6) is 0.836. The van der Waals surface area contributed by atoms with Crippen LogP contribution in [0.2, 0.25) is 5.15 Å². The van der Waals surface area contributed by atoms with Crippen LogP contribution in [0.15, 0.2) is 41.0 Å². The van der Waals surface area contributed by atoms with E-state index in [1.807, 2.05) is 45.7 Å². The van der Waals surface area contributed by atoms with Gasteiger partial charge in [0.15, 0.2) is 16.7 Å². The summed E-state index contributed by atoms with van der Waals surface area (Å²) in [6.07, 6.45) is 4.64. The highest BCUT2D eigenvalue weighted by atomic mass is 79.9. The van der Waals surface area contributed by atoms with Crippen molar-refractivity contribution in [2.75, 3.05) is 7.11 Å². The molecule has 32 heavy (non-hydrogen) atoms. The van der Waals surface area contributed by atoms with Gasteiger partial charge in [0, 0.05) is 29.3 Å². The number of nitrogens with zero attached hydrogens (tertiary/aromatic N) is 6. The summed E-state index contributed by atoms with van der Waals surface area (Å²) in [6.45, 7) is 2.56. The minimum atomic E-state index is -0.496. The third-order valence-electron chi connectivity index (χ3n) is 5.10. The maximum Gasteiger partial charge on any atom is 0.357 e. The third-order valence-corrected chi connectivity index (χ3v) is 6.00. The van der Waals surface area contributed by atoms with Crippen LogP contribution in [-0.2, 0) is 17.7 Å². The van der Waals surface area contributed by atoms with Gasteiger partial charge in [-0.25, -0.2) is 14.9 Å². The molecule has 4 aromatic rings. The average Bonchev–Trinajstić information content (AvgIpc) is 3.52. The van der Waals surface area contributed by atoms with Gasteiger partial charge in [-0.15, -0.1) is 5.10 Å². The Morgan fingerprint density at radius 3 is 2.69 bits per heavy atom. The van der Waals surface area contributed by atoms with Crippen LogP contribution in [-0.4, -0.2) is 47.8 Å². The van der Waals surface area contributed by atoms with E-state index in [9.17, 15) is 4.79 Å². The molecule has 0 radical (unpaired) electrons. The number of unbranched alkanes of at least 4 members (excludes halogenated alkanes) is 1. The van der Waals surface area contributed by atoms with Crippen molar-refractivity contribution in [1.29, 1.82) is 0 Å². The maximum absolute atomic E-state index is 12.3. The Balaban J connectivity index is 1.65. The molecular weight excluding hydrogens is 498 g/mol.